The van der Waals surface area contributed by atoms with E-state index >= 15 is 0 Å². The highest BCUT2D eigenvalue weighted by Crippen LogP contribution is 2.35. The van der Waals surface area contributed by atoms with E-state index in [0.29, 0.717) is 19.2 Å². The highest BCUT2D eigenvalue weighted by Gasteiger charge is 2.35. The van der Waals surface area contributed by atoms with Crippen molar-refractivity contribution < 1.29 is 31.4 Å². The number of likely N-dealkylation sites (N-methyl/N-ethyl adjacent to an activating group) is 1. The maximum absolute atomic E-state index is 13.7. The Morgan fingerprint density at radius 3 is 2.39 bits per heavy atom. The fraction of sp³-hybridized carbons (Fsp3) is 0.400. The Kier molecular flexibility index (Phi) is 6.02. The average molecular weight is 401 g/mol. The molecule has 0 spiro atoms. The van der Waals surface area contributed by atoms with Crippen LogP contribution in [0.1, 0.15) is 35.8 Å². The third-order valence-corrected chi connectivity index (χ3v) is 4.73. The van der Waals surface area contributed by atoms with Gasteiger partial charge in [-0.15, -0.1) is 0 Å². The highest BCUT2D eigenvalue weighted by molar-refractivity contribution is 5.28. The molecule has 0 unspecified atom stereocenters. The fourth-order valence-corrected chi connectivity index (χ4v) is 3.23. The van der Waals surface area contributed by atoms with Gasteiger partial charge in [0.25, 0.3) is 0 Å². The molecular formula is C20H20F5NO2. The first kappa shape index (κ1) is 20.7. The first-order valence-electron chi connectivity index (χ1n) is 8.75. The van der Waals surface area contributed by atoms with Gasteiger partial charge in [0, 0.05) is 6.54 Å². The van der Waals surface area contributed by atoms with Gasteiger partial charge in [0.1, 0.15) is 11.6 Å². The quantitative estimate of drug-likeness (QED) is 0.666. The van der Waals surface area contributed by atoms with Crippen LogP contribution in [0.2, 0.25) is 0 Å². The summed E-state index contributed by atoms with van der Waals surface area (Å²) in [4.78, 5) is 1.96. The van der Waals surface area contributed by atoms with E-state index in [0.717, 1.165) is 17.7 Å². The van der Waals surface area contributed by atoms with Crippen LogP contribution < -0.4 is 0 Å². The lowest BCUT2D eigenvalue weighted by molar-refractivity contribution is -0.226. The van der Waals surface area contributed by atoms with Crippen LogP contribution in [-0.2, 0) is 15.7 Å². The summed E-state index contributed by atoms with van der Waals surface area (Å²) in [6.45, 7) is 2.51. The zero-order chi connectivity index (χ0) is 20.5. The van der Waals surface area contributed by atoms with Crippen molar-refractivity contribution in [1.29, 1.82) is 0 Å². The van der Waals surface area contributed by atoms with Crippen molar-refractivity contribution >= 4 is 0 Å². The number of alkyl halides is 3. The molecule has 3 rings (SSSR count). The van der Waals surface area contributed by atoms with E-state index in [9.17, 15) is 22.0 Å². The van der Waals surface area contributed by atoms with Gasteiger partial charge in [0.2, 0.25) is 0 Å². The third-order valence-electron chi connectivity index (χ3n) is 4.73. The molecule has 0 amide bonds. The molecule has 3 atom stereocenters. The molecule has 1 aliphatic heterocycles. The number of hydrogen-bond acceptors (Lipinski definition) is 3. The number of benzene rings is 2. The Hall–Kier alpha value is -2.03. The monoisotopic (exact) mass is 401 g/mol. The standard InChI is InChI=1S/C20H20F5NO2/c1-12(14-9-15(20(23,24)25)11-17(22)10-14)28-19-18(26(2)7-8-27-19)13-3-5-16(21)6-4-13/h3-6,9-12,18-19H,7-8H2,1-2H3/t12-,18+,19-/m1/s1. The van der Waals surface area contributed by atoms with Crippen LogP contribution >= 0.6 is 0 Å². The molecule has 8 heteroatoms. The largest absolute Gasteiger partial charge is 0.416 e. The van der Waals surface area contributed by atoms with Crippen molar-refractivity contribution in [3.63, 3.8) is 0 Å². The smallest absolute Gasteiger partial charge is 0.349 e. The predicted molar refractivity (Wildman–Crippen MR) is 92.4 cm³/mol. The SMILES string of the molecule is C[C@@H](O[C@H]1OCCN(C)[C@H]1c1ccc(F)cc1)c1cc(F)cc(C(F)(F)F)c1. The molecule has 2 aromatic carbocycles. The van der Waals surface area contributed by atoms with Crippen LogP contribution in [0.25, 0.3) is 0 Å². The second kappa shape index (κ2) is 8.14. The Morgan fingerprint density at radius 2 is 1.75 bits per heavy atom. The summed E-state index contributed by atoms with van der Waals surface area (Å²) in [6, 6.07) is 7.80. The summed E-state index contributed by atoms with van der Waals surface area (Å²) >= 11 is 0. The second-order valence-corrected chi connectivity index (χ2v) is 6.77. The third kappa shape index (κ3) is 4.68. The van der Waals surface area contributed by atoms with E-state index in [4.69, 9.17) is 9.47 Å². The Morgan fingerprint density at radius 1 is 1.07 bits per heavy atom. The molecule has 0 aromatic heterocycles. The lowest BCUT2D eigenvalue weighted by atomic mass is 10.0. The van der Waals surface area contributed by atoms with Crippen molar-refractivity contribution in [3.8, 4) is 0 Å². The molecule has 3 nitrogen and oxygen atoms in total. The van der Waals surface area contributed by atoms with Crippen molar-refractivity contribution in [2.45, 2.75) is 31.5 Å². The molecule has 0 N–H and O–H groups in total. The van der Waals surface area contributed by atoms with Gasteiger partial charge in [-0.1, -0.05) is 12.1 Å². The van der Waals surface area contributed by atoms with Crippen LogP contribution in [0.5, 0.6) is 0 Å². The molecule has 152 valence electrons. The molecule has 0 saturated carbocycles. The minimum absolute atomic E-state index is 0.0574. The first-order valence-corrected chi connectivity index (χ1v) is 8.75. The normalized spacial score (nSPS) is 22.2. The molecule has 2 aromatic rings. The average Bonchev–Trinajstić information content (AvgIpc) is 2.62. The fourth-order valence-electron chi connectivity index (χ4n) is 3.23. The summed E-state index contributed by atoms with van der Waals surface area (Å²) in [6.07, 6.45) is -6.32. The molecular weight excluding hydrogens is 381 g/mol. The molecule has 0 aliphatic carbocycles. The van der Waals surface area contributed by atoms with Crippen molar-refractivity contribution in [3.05, 3.63) is 70.8 Å². The highest BCUT2D eigenvalue weighted by atomic mass is 19.4. The number of halogens is 5. The molecule has 0 radical (unpaired) electrons. The zero-order valence-electron chi connectivity index (χ0n) is 15.3. The number of morpholine rings is 1. The van der Waals surface area contributed by atoms with Crippen molar-refractivity contribution in [1.82, 2.24) is 4.90 Å². The Labute approximate surface area is 159 Å². The number of rotatable bonds is 4. The van der Waals surface area contributed by atoms with Gasteiger partial charge >= 0.3 is 6.18 Å². The maximum Gasteiger partial charge on any atom is 0.416 e. The van der Waals surface area contributed by atoms with Gasteiger partial charge in [-0.05, 0) is 55.4 Å². The lowest BCUT2D eigenvalue weighted by Crippen LogP contribution is -2.44. The van der Waals surface area contributed by atoms with E-state index in [1.165, 1.54) is 19.1 Å². The minimum Gasteiger partial charge on any atom is -0.349 e. The van der Waals surface area contributed by atoms with Gasteiger partial charge in [-0.25, -0.2) is 8.78 Å². The summed E-state index contributed by atoms with van der Waals surface area (Å²) in [5.41, 5.74) is -0.271. The van der Waals surface area contributed by atoms with Crippen LogP contribution in [-0.4, -0.2) is 31.4 Å². The molecule has 1 saturated heterocycles. The number of ether oxygens (including phenoxy) is 2. The van der Waals surface area contributed by atoms with Crippen molar-refractivity contribution in [2.75, 3.05) is 20.2 Å². The van der Waals surface area contributed by atoms with E-state index in [-0.39, 0.29) is 17.4 Å². The predicted octanol–water partition coefficient (Wildman–Crippen LogP) is 5.09. The second-order valence-electron chi connectivity index (χ2n) is 6.77. The lowest BCUT2D eigenvalue weighted by Gasteiger charge is -2.40. The van der Waals surface area contributed by atoms with Gasteiger partial charge in [0.05, 0.1) is 24.3 Å². The number of nitrogens with zero attached hydrogens (tertiary/aromatic N) is 1. The van der Waals surface area contributed by atoms with Crippen LogP contribution in [0.4, 0.5) is 22.0 Å². The maximum atomic E-state index is 13.7. The van der Waals surface area contributed by atoms with Gasteiger partial charge in [-0.2, -0.15) is 13.2 Å². The minimum atomic E-state index is -4.66. The summed E-state index contributed by atoms with van der Waals surface area (Å²) in [7, 11) is 1.85. The Bertz CT molecular complexity index is 809. The van der Waals surface area contributed by atoms with Crippen LogP contribution in [0, 0.1) is 11.6 Å². The molecule has 1 fully saturated rings. The van der Waals surface area contributed by atoms with E-state index < -0.39 is 30.0 Å². The van der Waals surface area contributed by atoms with E-state index in [1.807, 2.05) is 11.9 Å². The molecule has 1 heterocycles. The topological polar surface area (TPSA) is 21.7 Å². The number of hydrogen-bond donors (Lipinski definition) is 0. The molecule has 0 bridgehead atoms. The summed E-state index contributed by atoms with van der Waals surface area (Å²) in [5.74, 6) is -1.37. The molecule has 28 heavy (non-hydrogen) atoms. The summed E-state index contributed by atoms with van der Waals surface area (Å²) < 4.78 is 77.4. The Balaban J connectivity index is 1.84. The van der Waals surface area contributed by atoms with Gasteiger partial charge < -0.3 is 9.47 Å². The first-order chi connectivity index (χ1) is 13.1. The van der Waals surface area contributed by atoms with Crippen LogP contribution in [0.3, 0.4) is 0 Å². The molecule has 1 aliphatic rings. The van der Waals surface area contributed by atoms with Gasteiger partial charge in [0.15, 0.2) is 6.29 Å². The van der Waals surface area contributed by atoms with E-state index in [1.54, 1.807) is 12.1 Å². The summed E-state index contributed by atoms with van der Waals surface area (Å²) in [5, 5.41) is 0. The van der Waals surface area contributed by atoms with Crippen LogP contribution in [0.15, 0.2) is 42.5 Å². The van der Waals surface area contributed by atoms with E-state index in [2.05, 4.69) is 0 Å². The zero-order valence-corrected chi connectivity index (χ0v) is 15.3. The van der Waals surface area contributed by atoms with Crippen molar-refractivity contribution in [2.24, 2.45) is 0 Å². The van der Waals surface area contributed by atoms with Gasteiger partial charge in [-0.3, -0.25) is 4.90 Å².